The van der Waals surface area contributed by atoms with Crippen molar-refractivity contribution in [2.24, 2.45) is 29.6 Å². The fraction of sp³-hybridized carbons (Fsp3) is 0.750. The topological polar surface area (TPSA) is 158 Å². The van der Waals surface area contributed by atoms with E-state index in [1.807, 2.05) is 78.9 Å². The number of hydrogen-bond donors (Lipinski definition) is 3. The minimum atomic E-state index is -1.14. The van der Waals surface area contributed by atoms with Gasteiger partial charge in [-0.2, -0.15) is 0 Å². The Hall–Kier alpha value is -3.55. The van der Waals surface area contributed by atoms with E-state index in [2.05, 4.69) is 29.4 Å². The number of likely N-dealkylation sites (tertiary alicyclic amines) is 1. The van der Waals surface area contributed by atoms with Crippen LogP contribution in [0.4, 0.5) is 0 Å². The van der Waals surface area contributed by atoms with Crippen molar-refractivity contribution >= 4 is 29.6 Å². The van der Waals surface area contributed by atoms with Gasteiger partial charge in [0.2, 0.25) is 23.6 Å². The largest absolute Gasteiger partial charge is 0.480 e. The minimum absolute atomic E-state index is 0.0103. The maximum Gasteiger partial charge on any atom is 0.326 e. The lowest BCUT2D eigenvalue weighted by Gasteiger charge is -2.41. The molecule has 0 radical (unpaired) electrons. The van der Waals surface area contributed by atoms with Crippen molar-refractivity contribution in [1.82, 2.24) is 25.3 Å². The van der Waals surface area contributed by atoms with Gasteiger partial charge in [-0.15, -0.1) is 0 Å². The number of carboxylic acids is 1. The van der Waals surface area contributed by atoms with Gasteiger partial charge in [-0.25, -0.2) is 4.79 Å². The van der Waals surface area contributed by atoms with Crippen LogP contribution in [0.2, 0.25) is 0 Å². The lowest BCUT2D eigenvalue weighted by atomic mass is 9.89. The number of ether oxygens (including phenoxy) is 2. The molecule has 1 saturated heterocycles. The lowest BCUT2D eigenvalue weighted by molar-refractivity contribution is -0.148. The summed E-state index contributed by atoms with van der Waals surface area (Å²) in [5.41, 5.74) is 0.786. The van der Waals surface area contributed by atoms with Crippen LogP contribution in [-0.4, -0.2) is 133 Å². The Morgan fingerprint density at radius 1 is 0.895 bits per heavy atom. The molecule has 0 bridgehead atoms. The molecule has 57 heavy (non-hydrogen) atoms. The van der Waals surface area contributed by atoms with Crippen LogP contribution in [0.15, 0.2) is 30.3 Å². The number of carbonyl (C=O) groups excluding carboxylic acids is 4. The summed E-state index contributed by atoms with van der Waals surface area (Å²) in [5.74, 6) is -2.68. The normalized spacial score (nSPS) is 18.8. The molecule has 4 amide bonds. The predicted molar refractivity (Wildman–Crippen MR) is 223 cm³/mol. The summed E-state index contributed by atoms with van der Waals surface area (Å²) in [6, 6.07) is 5.90. The summed E-state index contributed by atoms with van der Waals surface area (Å²) in [5, 5.41) is 15.7. The molecule has 2 rings (SSSR count). The third-order valence-electron chi connectivity index (χ3n) is 11.8. The first-order chi connectivity index (χ1) is 26.8. The Morgan fingerprint density at radius 3 is 2.04 bits per heavy atom. The van der Waals surface area contributed by atoms with Gasteiger partial charge in [-0.05, 0) is 62.1 Å². The zero-order valence-electron chi connectivity index (χ0n) is 37.1. The van der Waals surface area contributed by atoms with Crippen LogP contribution in [-0.2, 0) is 39.9 Å². The second-order valence-corrected chi connectivity index (χ2v) is 17.3. The van der Waals surface area contributed by atoms with Crippen molar-refractivity contribution in [2.45, 2.75) is 143 Å². The van der Waals surface area contributed by atoms with Crippen LogP contribution >= 0.6 is 0 Å². The van der Waals surface area contributed by atoms with Gasteiger partial charge in [0.05, 0.1) is 42.7 Å². The molecule has 0 aromatic heterocycles. The Kier molecular flexibility index (Phi) is 20.7. The summed E-state index contributed by atoms with van der Waals surface area (Å²) in [4.78, 5) is 73.6. The Bertz CT molecular complexity index is 1420. The number of carbonyl (C=O) groups is 5. The van der Waals surface area contributed by atoms with Gasteiger partial charge in [0.25, 0.3) is 0 Å². The van der Waals surface area contributed by atoms with Crippen LogP contribution in [0.3, 0.4) is 0 Å². The molecular weight excluding hydrogens is 727 g/mol. The molecule has 0 aliphatic carbocycles. The number of hydrogen-bond acceptors (Lipinski definition) is 8. The number of nitrogens with zero attached hydrogens (tertiary/aromatic N) is 3. The van der Waals surface area contributed by atoms with Gasteiger partial charge in [0.15, 0.2) is 0 Å². The van der Waals surface area contributed by atoms with Crippen molar-refractivity contribution in [1.29, 1.82) is 0 Å². The van der Waals surface area contributed by atoms with E-state index in [0.717, 1.165) is 24.9 Å². The van der Waals surface area contributed by atoms with Crippen molar-refractivity contribution in [3.63, 3.8) is 0 Å². The molecule has 1 heterocycles. The number of nitrogens with one attached hydrogen (secondary N) is 2. The molecule has 13 nitrogen and oxygen atoms in total. The molecule has 1 fully saturated rings. The minimum Gasteiger partial charge on any atom is -0.480 e. The Morgan fingerprint density at radius 2 is 1.53 bits per heavy atom. The van der Waals surface area contributed by atoms with E-state index < -0.39 is 60.2 Å². The fourth-order valence-electron chi connectivity index (χ4n) is 8.24. The zero-order chi connectivity index (χ0) is 43.1. The summed E-state index contributed by atoms with van der Waals surface area (Å²) in [6.07, 6.45) is 1.77. The number of amides is 4. The fourth-order valence-corrected chi connectivity index (χ4v) is 8.24. The lowest BCUT2D eigenvalue weighted by Crippen LogP contribution is -2.60. The molecule has 1 aliphatic rings. The standard InChI is InChI=1S/C44H75N5O8/c1-14-30(8)39(48(11)43(53)37(28(4)5)46-42(52)38(29(6)7)47(10)24-22-27(2)3)35(56-12)26-36(50)49-23-18-21-34(49)40(57-13)31(9)41(51)45-33(44(54)55)25-32-19-16-15-17-20-32/h15-17,19-20,27-31,33-35,37-40H,14,18,21-26H2,1-13H3,(H,45,51)(H,46,52)(H,54,55)/t30-,31+,33-,34-,35+,37-,38-,39-,40+/m0/s1. The van der Waals surface area contributed by atoms with Crippen LogP contribution in [0.25, 0.3) is 0 Å². The van der Waals surface area contributed by atoms with Gasteiger partial charge in [-0.1, -0.05) is 99.1 Å². The number of aliphatic carboxylic acids is 1. The third kappa shape index (κ3) is 14.1. The SMILES string of the molecule is CC[C@H](C)[C@@H]([C@@H](CC(=O)N1CCC[C@H]1[C@H](OC)[C@@H](C)C(=O)N[C@@H](Cc1ccccc1)C(=O)O)OC)N(C)C(=O)[C@@H](NC(=O)[C@H](C(C)C)N(C)CCC(C)C)C(C)C. The number of methoxy groups -OCH3 is 2. The van der Waals surface area contributed by atoms with Gasteiger partial charge < -0.3 is 35.0 Å². The van der Waals surface area contributed by atoms with E-state index in [-0.39, 0.29) is 48.3 Å². The number of carboxylic acid groups (broad SMARTS) is 1. The highest BCUT2D eigenvalue weighted by Crippen LogP contribution is 2.30. The number of likely N-dealkylation sites (N-methyl/N-ethyl adjacent to an activating group) is 2. The molecule has 1 aliphatic heterocycles. The van der Waals surface area contributed by atoms with Gasteiger partial charge >= 0.3 is 5.97 Å². The monoisotopic (exact) mass is 802 g/mol. The van der Waals surface area contributed by atoms with Crippen LogP contribution in [0.5, 0.6) is 0 Å². The van der Waals surface area contributed by atoms with Crippen molar-refractivity contribution in [3.05, 3.63) is 35.9 Å². The first kappa shape index (κ1) is 49.6. The predicted octanol–water partition coefficient (Wildman–Crippen LogP) is 4.86. The molecule has 13 heteroatoms. The Balaban J connectivity index is 2.28. The highest BCUT2D eigenvalue weighted by atomic mass is 16.5. The quantitative estimate of drug-likeness (QED) is 0.133. The molecule has 324 valence electrons. The molecule has 0 spiro atoms. The molecular formula is C44H75N5O8. The van der Waals surface area contributed by atoms with E-state index in [4.69, 9.17) is 9.47 Å². The van der Waals surface area contributed by atoms with Gasteiger partial charge in [0.1, 0.15) is 12.1 Å². The first-order valence-corrected chi connectivity index (χ1v) is 21.0. The van der Waals surface area contributed by atoms with Gasteiger partial charge in [-0.3, -0.25) is 24.1 Å². The van der Waals surface area contributed by atoms with Crippen LogP contribution in [0.1, 0.15) is 100.0 Å². The first-order valence-electron chi connectivity index (χ1n) is 21.0. The average molecular weight is 802 g/mol. The van der Waals surface area contributed by atoms with E-state index in [1.165, 1.54) is 7.11 Å². The average Bonchev–Trinajstić information content (AvgIpc) is 3.65. The van der Waals surface area contributed by atoms with Crippen LogP contribution in [0, 0.1) is 29.6 Å². The summed E-state index contributed by atoms with van der Waals surface area (Å²) >= 11 is 0. The van der Waals surface area contributed by atoms with E-state index in [9.17, 15) is 29.1 Å². The highest BCUT2D eigenvalue weighted by Gasteiger charge is 2.43. The summed E-state index contributed by atoms with van der Waals surface area (Å²) in [7, 11) is 6.74. The second-order valence-electron chi connectivity index (χ2n) is 17.3. The maximum atomic E-state index is 14.4. The highest BCUT2D eigenvalue weighted by molar-refractivity contribution is 5.90. The Labute approximate surface area is 343 Å². The van der Waals surface area contributed by atoms with E-state index in [1.54, 1.807) is 30.9 Å². The van der Waals surface area contributed by atoms with Crippen LogP contribution < -0.4 is 10.6 Å². The zero-order valence-corrected chi connectivity index (χ0v) is 37.1. The van der Waals surface area contributed by atoms with E-state index in [0.29, 0.717) is 25.3 Å². The van der Waals surface area contributed by atoms with Crippen molar-refractivity contribution in [3.8, 4) is 0 Å². The summed E-state index contributed by atoms with van der Waals surface area (Å²) in [6.45, 7) is 19.2. The molecule has 0 unspecified atom stereocenters. The summed E-state index contributed by atoms with van der Waals surface area (Å²) < 4.78 is 11.9. The molecule has 0 saturated carbocycles. The molecule has 3 N–H and O–H groups in total. The molecule has 1 aromatic rings. The van der Waals surface area contributed by atoms with E-state index >= 15 is 0 Å². The number of benzene rings is 1. The maximum absolute atomic E-state index is 14.4. The van der Waals surface area contributed by atoms with Crippen molar-refractivity contribution in [2.75, 3.05) is 41.4 Å². The third-order valence-corrected chi connectivity index (χ3v) is 11.8. The molecule has 9 atom stereocenters. The van der Waals surface area contributed by atoms with Gasteiger partial charge in [0, 0.05) is 34.2 Å². The molecule has 1 aromatic carbocycles. The van der Waals surface area contributed by atoms with Crippen molar-refractivity contribution < 1.29 is 38.6 Å². The number of rotatable bonds is 24. The second kappa shape index (κ2) is 23.8. The smallest absolute Gasteiger partial charge is 0.326 e.